The van der Waals surface area contributed by atoms with Gasteiger partial charge in [0.2, 0.25) is 0 Å². The van der Waals surface area contributed by atoms with Crippen molar-refractivity contribution >= 4 is 0 Å². The maximum absolute atomic E-state index is 5.55. The summed E-state index contributed by atoms with van der Waals surface area (Å²) >= 11 is 0. The number of rotatable bonds is 18. The van der Waals surface area contributed by atoms with Crippen LogP contribution in [-0.4, -0.2) is 44.4 Å². The molecule has 0 saturated carbocycles. The summed E-state index contributed by atoms with van der Waals surface area (Å²) in [6, 6.07) is 0. The Morgan fingerprint density at radius 1 is 0.560 bits per heavy atom. The molecule has 0 aliphatic heterocycles. The van der Waals surface area contributed by atoms with Crippen LogP contribution in [0.25, 0.3) is 0 Å². The van der Waals surface area contributed by atoms with Gasteiger partial charge in [0, 0.05) is 19.6 Å². The van der Waals surface area contributed by atoms with Gasteiger partial charge in [0.05, 0.1) is 38.6 Å². The van der Waals surface area contributed by atoms with Crippen molar-refractivity contribution in [2.75, 3.05) is 39.5 Å². The van der Waals surface area contributed by atoms with Gasteiger partial charge < -0.3 is 14.2 Å². The van der Waals surface area contributed by atoms with Crippen LogP contribution in [0.5, 0.6) is 0 Å². The molecule has 0 bridgehead atoms. The van der Waals surface area contributed by atoms with Gasteiger partial charge in [-0.1, -0.05) is 40.0 Å². The molecular formula is C21H39NO3. The van der Waals surface area contributed by atoms with Crippen LogP contribution >= 0.6 is 0 Å². The van der Waals surface area contributed by atoms with Crippen LogP contribution < -0.4 is 0 Å². The van der Waals surface area contributed by atoms with E-state index in [1.165, 1.54) is 0 Å². The normalized spacial score (nSPS) is 12.0. The Kier molecular flexibility index (Phi) is 19.5. The molecule has 0 heterocycles. The molecule has 146 valence electrons. The molecule has 0 spiro atoms. The summed E-state index contributed by atoms with van der Waals surface area (Å²) in [5.74, 6) is 0. The number of allylic oxidation sites excluding steroid dienone is 3. The average Bonchev–Trinajstić information content (AvgIpc) is 2.63. The lowest BCUT2D eigenvalue weighted by molar-refractivity contribution is 0.117. The number of nitrogens with zero attached hydrogens (tertiary/aromatic N) is 1. The largest absolute Gasteiger partial charge is 0.500 e. The lowest BCUT2D eigenvalue weighted by Gasteiger charge is -2.21. The lowest BCUT2D eigenvalue weighted by atomic mass is 10.3. The van der Waals surface area contributed by atoms with Crippen LogP contribution in [0.4, 0.5) is 0 Å². The Morgan fingerprint density at radius 2 is 0.880 bits per heavy atom. The van der Waals surface area contributed by atoms with Gasteiger partial charge in [0.25, 0.3) is 0 Å². The van der Waals surface area contributed by atoms with E-state index in [2.05, 4.69) is 43.9 Å². The second kappa shape index (κ2) is 20.6. The minimum Gasteiger partial charge on any atom is -0.500 e. The van der Waals surface area contributed by atoms with Gasteiger partial charge in [0.15, 0.2) is 0 Å². The molecule has 0 saturated heterocycles. The van der Waals surface area contributed by atoms with Gasteiger partial charge in [-0.3, -0.25) is 4.90 Å². The van der Waals surface area contributed by atoms with E-state index >= 15 is 0 Å². The van der Waals surface area contributed by atoms with Crippen molar-refractivity contribution < 1.29 is 14.2 Å². The smallest absolute Gasteiger partial charge is 0.1000 e. The Morgan fingerprint density at radius 3 is 1.16 bits per heavy atom. The fraction of sp³-hybridized carbons (Fsp3) is 0.714. The molecule has 0 aromatic carbocycles. The molecule has 4 nitrogen and oxygen atoms in total. The molecule has 0 radical (unpaired) electrons. The van der Waals surface area contributed by atoms with E-state index < -0.39 is 0 Å². The highest BCUT2D eigenvalue weighted by Crippen LogP contribution is 1.95. The molecule has 0 aliphatic carbocycles. The first-order chi connectivity index (χ1) is 12.3. The molecule has 4 heteroatoms. The molecular weight excluding hydrogens is 314 g/mol. The molecule has 0 rings (SSSR count). The second-order valence-electron chi connectivity index (χ2n) is 5.94. The van der Waals surface area contributed by atoms with Crippen LogP contribution in [0.2, 0.25) is 0 Å². The van der Waals surface area contributed by atoms with Crippen molar-refractivity contribution in [3.63, 3.8) is 0 Å². The Labute approximate surface area is 155 Å². The summed E-state index contributed by atoms with van der Waals surface area (Å²) < 4.78 is 16.7. The highest BCUT2D eigenvalue weighted by Gasteiger charge is 2.04. The summed E-state index contributed by atoms with van der Waals surface area (Å²) in [6.07, 6.45) is 18.3. The third kappa shape index (κ3) is 18.8. The van der Waals surface area contributed by atoms with Crippen LogP contribution in [-0.2, 0) is 14.2 Å². The molecule has 25 heavy (non-hydrogen) atoms. The second-order valence-corrected chi connectivity index (χ2v) is 5.94. The molecule has 0 unspecified atom stereocenters. The van der Waals surface area contributed by atoms with Gasteiger partial charge in [0.1, 0.15) is 0 Å². The Hall–Kier alpha value is -1.42. The van der Waals surface area contributed by atoms with Crippen LogP contribution in [0, 0.1) is 0 Å². The predicted molar refractivity (Wildman–Crippen MR) is 106 cm³/mol. The van der Waals surface area contributed by atoms with Gasteiger partial charge in [-0.05, 0) is 37.5 Å². The Balaban J connectivity index is 3.99. The zero-order valence-corrected chi connectivity index (χ0v) is 16.6. The van der Waals surface area contributed by atoms with Crippen molar-refractivity contribution in [2.45, 2.75) is 59.3 Å². The molecule has 0 aromatic heterocycles. The van der Waals surface area contributed by atoms with Gasteiger partial charge >= 0.3 is 0 Å². The first-order valence-corrected chi connectivity index (χ1v) is 9.87. The summed E-state index contributed by atoms with van der Waals surface area (Å²) in [7, 11) is 0. The summed E-state index contributed by atoms with van der Waals surface area (Å²) in [5, 5.41) is 0. The topological polar surface area (TPSA) is 30.9 Å². The van der Waals surface area contributed by atoms with E-state index in [4.69, 9.17) is 14.2 Å². The van der Waals surface area contributed by atoms with E-state index in [0.717, 1.165) is 58.2 Å². The monoisotopic (exact) mass is 353 g/mol. The molecule has 0 fully saturated rings. The van der Waals surface area contributed by atoms with E-state index in [1.807, 2.05) is 18.8 Å². The fourth-order valence-corrected chi connectivity index (χ4v) is 1.99. The van der Waals surface area contributed by atoms with E-state index in [0.29, 0.717) is 19.8 Å². The number of hydrogen-bond acceptors (Lipinski definition) is 4. The van der Waals surface area contributed by atoms with Gasteiger partial charge in [-0.25, -0.2) is 0 Å². The zero-order valence-electron chi connectivity index (χ0n) is 16.6. The molecule has 0 atom stereocenters. The van der Waals surface area contributed by atoms with Crippen molar-refractivity contribution in [1.29, 1.82) is 0 Å². The highest BCUT2D eigenvalue weighted by molar-refractivity contribution is 4.74. The number of hydrogen-bond donors (Lipinski definition) is 0. The third-order valence-electron chi connectivity index (χ3n) is 3.52. The van der Waals surface area contributed by atoms with Crippen LogP contribution in [0.15, 0.2) is 37.0 Å². The third-order valence-corrected chi connectivity index (χ3v) is 3.52. The highest BCUT2D eigenvalue weighted by atomic mass is 16.5. The SMILES string of the molecule is CCCC=COCCN(CCOC=CCCC)CCOC=CCCC. The number of ether oxygens (including phenoxy) is 3. The summed E-state index contributed by atoms with van der Waals surface area (Å²) in [5.41, 5.74) is 0. The quantitative estimate of drug-likeness (QED) is 0.248. The molecule has 0 N–H and O–H groups in total. The average molecular weight is 354 g/mol. The minimum absolute atomic E-state index is 0.692. The Bertz CT molecular complexity index is 288. The van der Waals surface area contributed by atoms with Crippen LogP contribution in [0.1, 0.15) is 59.3 Å². The van der Waals surface area contributed by atoms with Crippen molar-refractivity contribution in [3.05, 3.63) is 37.0 Å². The first-order valence-electron chi connectivity index (χ1n) is 9.87. The predicted octanol–water partition coefficient (Wildman–Crippen LogP) is 5.28. The first kappa shape index (κ1) is 23.6. The van der Waals surface area contributed by atoms with E-state index in [1.54, 1.807) is 0 Å². The minimum atomic E-state index is 0.692. The maximum atomic E-state index is 5.55. The van der Waals surface area contributed by atoms with Crippen LogP contribution in [0.3, 0.4) is 0 Å². The molecule has 0 aromatic rings. The molecule has 0 aliphatic rings. The zero-order chi connectivity index (χ0) is 18.4. The summed E-state index contributed by atoms with van der Waals surface area (Å²) in [6.45, 7) is 11.2. The van der Waals surface area contributed by atoms with Gasteiger partial charge in [-0.15, -0.1) is 0 Å². The van der Waals surface area contributed by atoms with E-state index in [9.17, 15) is 0 Å². The van der Waals surface area contributed by atoms with E-state index in [-0.39, 0.29) is 0 Å². The van der Waals surface area contributed by atoms with Crippen molar-refractivity contribution in [3.8, 4) is 0 Å². The fourth-order valence-electron chi connectivity index (χ4n) is 1.99. The molecule has 0 amide bonds. The summed E-state index contributed by atoms with van der Waals surface area (Å²) in [4.78, 5) is 2.31. The standard InChI is InChI=1S/C21H39NO3/c1-4-7-10-16-23-19-13-22(14-20-24-17-11-8-5-2)15-21-25-18-12-9-6-3/h10-12,16-18H,4-9,13-15,19-21H2,1-3H3. The maximum Gasteiger partial charge on any atom is 0.1000 e. The van der Waals surface area contributed by atoms with Gasteiger partial charge in [-0.2, -0.15) is 0 Å². The lowest BCUT2D eigenvalue weighted by Crippen LogP contribution is -2.33. The van der Waals surface area contributed by atoms with Crippen molar-refractivity contribution in [2.24, 2.45) is 0 Å². The number of unbranched alkanes of at least 4 members (excludes halogenated alkanes) is 3. The van der Waals surface area contributed by atoms with Crippen molar-refractivity contribution in [1.82, 2.24) is 4.90 Å².